The molecule has 1 rings (SSSR count). The van der Waals surface area contributed by atoms with Gasteiger partial charge in [-0.15, -0.1) is 11.3 Å². The SMILES string of the molecule is CCNC(=S)/N=c1/sccn1C. The molecule has 0 aromatic carbocycles. The van der Waals surface area contributed by atoms with Gasteiger partial charge < -0.3 is 9.88 Å². The van der Waals surface area contributed by atoms with Gasteiger partial charge in [0, 0.05) is 25.2 Å². The van der Waals surface area contributed by atoms with E-state index < -0.39 is 0 Å². The molecule has 0 saturated carbocycles. The zero-order valence-electron chi connectivity index (χ0n) is 7.07. The molecule has 3 nitrogen and oxygen atoms in total. The van der Waals surface area contributed by atoms with Gasteiger partial charge >= 0.3 is 0 Å². The Morgan fingerprint density at radius 1 is 1.83 bits per heavy atom. The second-order valence-corrected chi connectivity index (χ2v) is 3.50. The number of thiocarbonyl (C=S) groups is 1. The molecule has 1 aromatic rings. The Hall–Kier alpha value is -0.680. The summed E-state index contributed by atoms with van der Waals surface area (Å²) in [5.41, 5.74) is 0. The van der Waals surface area contributed by atoms with Crippen LogP contribution in [0.1, 0.15) is 6.92 Å². The fraction of sp³-hybridized carbons (Fsp3) is 0.429. The number of aromatic nitrogens is 1. The topological polar surface area (TPSA) is 29.3 Å². The van der Waals surface area contributed by atoms with Crippen LogP contribution >= 0.6 is 23.6 Å². The van der Waals surface area contributed by atoms with E-state index in [1.165, 1.54) is 0 Å². The standard InChI is InChI=1S/C7H11N3S2/c1-3-8-6(11)9-7-10(2)4-5-12-7/h4-5H,3H2,1-2H3,(H,8,11)/b9-7+. The molecule has 1 aromatic heterocycles. The molecule has 0 spiro atoms. The lowest BCUT2D eigenvalue weighted by atomic mass is 10.7. The monoisotopic (exact) mass is 201 g/mol. The maximum absolute atomic E-state index is 4.98. The van der Waals surface area contributed by atoms with Crippen LogP contribution < -0.4 is 10.1 Å². The minimum absolute atomic E-state index is 0.551. The molecule has 5 heteroatoms. The van der Waals surface area contributed by atoms with Gasteiger partial charge in [0.1, 0.15) is 0 Å². The van der Waals surface area contributed by atoms with E-state index in [4.69, 9.17) is 12.2 Å². The van der Waals surface area contributed by atoms with Crippen molar-refractivity contribution < 1.29 is 0 Å². The first-order valence-electron chi connectivity index (χ1n) is 3.66. The number of thiazole rings is 1. The summed E-state index contributed by atoms with van der Waals surface area (Å²) in [4.78, 5) is 5.13. The van der Waals surface area contributed by atoms with Crippen LogP contribution in [0.15, 0.2) is 16.6 Å². The molecule has 0 radical (unpaired) electrons. The summed E-state index contributed by atoms with van der Waals surface area (Å²) in [5, 5.41) is 5.50. The van der Waals surface area contributed by atoms with Crippen LogP contribution in [0.2, 0.25) is 0 Å². The van der Waals surface area contributed by atoms with Crippen LogP contribution in [0.4, 0.5) is 0 Å². The van der Waals surface area contributed by atoms with Crippen molar-refractivity contribution in [2.24, 2.45) is 12.0 Å². The van der Waals surface area contributed by atoms with Crippen molar-refractivity contribution in [1.29, 1.82) is 0 Å². The average Bonchev–Trinajstić information content (AvgIpc) is 2.37. The van der Waals surface area contributed by atoms with Crippen LogP contribution in [-0.4, -0.2) is 16.2 Å². The molecule has 0 amide bonds. The molecular weight excluding hydrogens is 190 g/mol. The van der Waals surface area contributed by atoms with E-state index in [-0.39, 0.29) is 0 Å². The van der Waals surface area contributed by atoms with E-state index >= 15 is 0 Å². The van der Waals surface area contributed by atoms with Crippen LogP contribution in [0.5, 0.6) is 0 Å². The van der Waals surface area contributed by atoms with Crippen LogP contribution in [0, 0.1) is 0 Å². The van der Waals surface area contributed by atoms with Crippen molar-refractivity contribution in [3.05, 3.63) is 16.4 Å². The van der Waals surface area contributed by atoms with E-state index in [1.807, 2.05) is 30.1 Å². The molecule has 0 fully saturated rings. The van der Waals surface area contributed by atoms with Gasteiger partial charge in [0.05, 0.1) is 0 Å². The van der Waals surface area contributed by atoms with Crippen molar-refractivity contribution >= 4 is 28.7 Å². The van der Waals surface area contributed by atoms with Crippen molar-refractivity contribution in [3.63, 3.8) is 0 Å². The first-order valence-corrected chi connectivity index (χ1v) is 4.95. The Labute approximate surface area is 80.8 Å². The van der Waals surface area contributed by atoms with E-state index in [1.54, 1.807) is 11.3 Å². The Morgan fingerprint density at radius 3 is 3.08 bits per heavy atom. The third-order valence-electron chi connectivity index (χ3n) is 1.28. The summed E-state index contributed by atoms with van der Waals surface area (Å²) in [7, 11) is 1.95. The van der Waals surface area contributed by atoms with Crippen LogP contribution in [0.25, 0.3) is 0 Å². The third-order valence-corrected chi connectivity index (χ3v) is 2.37. The predicted molar refractivity (Wildman–Crippen MR) is 55.1 cm³/mol. The third kappa shape index (κ3) is 2.42. The fourth-order valence-electron chi connectivity index (χ4n) is 0.712. The van der Waals surface area contributed by atoms with Crippen molar-refractivity contribution in [2.45, 2.75) is 6.92 Å². The van der Waals surface area contributed by atoms with Gasteiger partial charge in [0.25, 0.3) is 0 Å². The Bertz CT molecular complexity index is 323. The summed E-state index contributed by atoms with van der Waals surface area (Å²) in [6.45, 7) is 2.81. The Balaban J connectivity index is 2.83. The highest BCUT2D eigenvalue weighted by Crippen LogP contribution is 1.86. The Kier molecular flexibility index (Phi) is 3.43. The fourth-order valence-corrected chi connectivity index (χ4v) is 1.74. The molecule has 0 bridgehead atoms. The lowest BCUT2D eigenvalue weighted by Gasteiger charge is -1.96. The van der Waals surface area contributed by atoms with E-state index in [9.17, 15) is 0 Å². The molecule has 0 saturated heterocycles. The predicted octanol–water partition coefficient (Wildman–Crippen LogP) is 0.882. The van der Waals surface area contributed by atoms with Gasteiger partial charge in [0.2, 0.25) is 0 Å². The van der Waals surface area contributed by atoms with Crippen molar-refractivity contribution in [3.8, 4) is 0 Å². The summed E-state index contributed by atoms with van der Waals surface area (Å²) in [5.74, 6) is 0. The van der Waals surface area contributed by atoms with Crippen molar-refractivity contribution in [2.75, 3.05) is 6.54 Å². The largest absolute Gasteiger partial charge is 0.361 e. The lowest BCUT2D eigenvalue weighted by Crippen LogP contribution is -2.22. The lowest BCUT2D eigenvalue weighted by molar-refractivity contribution is 0.870. The highest BCUT2D eigenvalue weighted by Gasteiger charge is 1.91. The molecular formula is C7H11N3S2. The van der Waals surface area contributed by atoms with Gasteiger partial charge in [-0.05, 0) is 19.1 Å². The van der Waals surface area contributed by atoms with E-state index in [0.29, 0.717) is 5.11 Å². The average molecular weight is 201 g/mol. The highest BCUT2D eigenvalue weighted by atomic mass is 32.1. The molecule has 0 atom stereocenters. The molecule has 0 aliphatic heterocycles. The first kappa shape index (κ1) is 9.41. The summed E-state index contributed by atoms with van der Waals surface area (Å²) < 4.78 is 1.94. The number of nitrogens with zero attached hydrogens (tertiary/aromatic N) is 2. The summed E-state index contributed by atoms with van der Waals surface area (Å²) in [6.07, 6.45) is 1.96. The minimum Gasteiger partial charge on any atom is -0.361 e. The smallest absolute Gasteiger partial charge is 0.195 e. The normalized spacial score (nSPS) is 11.7. The molecule has 0 aliphatic carbocycles. The minimum atomic E-state index is 0.551. The highest BCUT2D eigenvalue weighted by molar-refractivity contribution is 7.80. The maximum Gasteiger partial charge on any atom is 0.195 e. The number of hydrogen-bond acceptors (Lipinski definition) is 2. The summed E-state index contributed by atoms with van der Waals surface area (Å²) >= 11 is 6.55. The van der Waals surface area contributed by atoms with Crippen LogP contribution in [0.3, 0.4) is 0 Å². The molecule has 1 N–H and O–H groups in total. The number of aryl methyl sites for hydroxylation is 1. The van der Waals surface area contributed by atoms with Gasteiger partial charge in [-0.1, -0.05) is 0 Å². The van der Waals surface area contributed by atoms with Gasteiger partial charge in [-0.3, -0.25) is 0 Å². The zero-order chi connectivity index (χ0) is 8.97. The second kappa shape index (κ2) is 4.37. The maximum atomic E-state index is 4.98. The van der Waals surface area contributed by atoms with Gasteiger partial charge in [0.15, 0.2) is 9.91 Å². The zero-order valence-corrected chi connectivity index (χ0v) is 8.71. The van der Waals surface area contributed by atoms with Gasteiger partial charge in [-0.2, -0.15) is 4.99 Å². The second-order valence-electron chi connectivity index (χ2n) is 2.24. The van der Waals surface area contributed by atoms with E-state index in [2.05, 4.69) is 10.3 Å². The molecule has 12 heavy (non-hydrogen) atoms. The quantitative estimate of drug-likeness (QED) is 0.684. The summed E-state index contributed by atoms with van der Waals surface area (Å²) in [6, 6.07) is 0. The molecule has 0 aliphatic rings. The molecule has 66 valence electrons. The molecule has 1 heterocycles. The number of nitrogens with one attached hydrogen (secondary N) is 1. The van der Waals surface area contributed by atoms with Crippen molar-refractivity contribution in [1.82, 2.24) is 9.88 Å². The van der Waals surface area contributed by atoms with Gasteiger partial charge in [-0.25, -0.2) is 0 Å². The van der Waals surface area contributed by atoms with E-state index in [0.717, 1.165) is 11.3 Å². The van der Waals surface area contributed by atoms with Crippen LogP contribution in [-0.2, 0) is 7.05 Å². The number of rotatable bonds is 1. The number of hydrogen-bond donors (Lipinski definition) is 1. The Morgan fingerprint density at radius 2 is 2.58 bits per heavy atom. The first-order chi connectivity index (χ1) is 5.74. The molecule has 0 unspecified atom stereocenters.